The van der Waals surface area contributed by atoms with E-state index in [1.54, 1.807) is 24.3 Å². The molecule has 2 aromatic rings. The number of aliphatic carboxylic acids is 2. The van der Waals surface area contributed by atoms with Crippen molar-refractivity contribution in [3.8, 4) is 5.75 Å². The van der Waals surface area contributed by atoms with Gasteiger partial charge < -0.3 is 35.2 Å². The minimum absolute atomic E-state index is 0.0279. The number of carbonyl (C=O) groups excluding carboxylic acids is 1. The number of benzene rings is 2. The number of carboxylic acids is 2. The number of alkyl halides is 6. The van der Waals surface area contributed by atoms with Gasteiger partial charge in [-0.2, -0.15) is 26.3 Å². The van der Waals surface area contributed by atoms with Gasteiger partial charge in [-0.05, 0) is 29.7 Å². The van der Waals surface area contributed by atoms with E-state index in [2.05, 4.69) is 5.32 Å². The van der Waals surface area contributed by atoms with Crippen molar-refractivity contribution >= 4 is 17.9 Å². The van der Waals surface area contributed by atoms with E-state index in [0.717, 1.165) is 17.7 Å². The van der Waals surface area contributed by atoms with Gasteiger partial charge in [-0.25, -0.2) is 9.59 Å². The Kier molecular flexibility index (Phi) is 15.7. The molecule has 2 aromatic carbocycles. The molecular weight excluding hydrogens is 632 g/mol. The van der Waals surface area contributed by atoms with Crippen LogP contribution in [0.3, 0.4) is 0 Å². The van der Waals surface area contributed by atoms with E-state index in [4.69, 9.17) is 19.7 Å². The largest absolute Gasteiger partial charge is 0.491 e. The number of rotatable bonds is 15. The Morgan fingerprint density at radius 2 is 1.30 bits per heavy atom. The average Bonchev–Trinajstić information content (AvgIpc) is 2.96. The number of nitrogens with one attached hydrogen (secondary N) is 1. The molecule has 0 aliphatic rings. The lowest BCUT2D eigenvalue weighted by Gasteiger charge is -2.32. The van der Waals surface area contributed by atoms with Gasteiger partial charge in [0, 0.05) is 43.1 Å². The van der Waals surface area contributed by atoms with Crippen LogP contribution in [0.15, 0.2) is 60.7 Å². The molecular formula is C30H35F6NO9. The second-order valence-electron chi connectivity index (χ2n) is 10.1. The predicted molar refractivity (Wildman–Crippen MR) is 151 cm³/mol. The number of aryl methyl sites for hydroxylation is 1. The topological polar surface area (TPSA) is 163 Å². The summed E-state index contributed by atoms with van der Waals surface area (Å²) in [4.78, 5) is 31.1. The van der Waals surface area contributed by atoms with Crippen molar-refractivity contribution in [1.29, 1.82) is 0 Å². The number of aliphatic hydroxyl groups is 2. The SMILES string of the molecule is CC(C)NCC(O)COc1ccc(CCOC(=O)CCc2ccc(C(O)(C(F)(F)F)C(F)(F)F)cc2)cc1.O=C(O)C=CC(=O)O. The first-order chi connectivity index (χ1) is 21.3. The zero-order valence-corrected chi connectivity index (χ0v) is 24.8. The number of carboxylic acid groups (broad SMARTS) is 2. The molecule has 5 N–H and O–H groups in total. The summed E-state index contributed by atoms with van der Waals surface area (Å²) >= 11 is 0. The third-order valence-corrected chi connectivity index (χ3v) is 5.96. The molecule has 0 bridgehead atoms. The maximum Gasteiger partial charge on any atom is 0.430 e. The highest BCUT2D eigenvalue weighted by molar-refractivity contribution is 5.89. The number of hydrogen-bond donors (Lipinski definition) is 5. The number of aliphatic hydroxyl groups excluding tert-OH is 1. The van der Waals surface area contributed by atoms with Gasteiger partial charge in [0.2, 0.25) is 0 Å². The number of hydrogen-bond acceptors (Lipinski definition) is 8. The highest BCUT2D eigenvalue weighted by atomic mass is 19.4. The summed E-state index contributed by atoms with van der Waals surface area (Å²) in [5, 5.41) is 38.0. The minimum atomic E-state index is -5.96. The normalized spacial score (nSPS) is 12.8. The van der Waals surface area contributed by atoms with E-state index in [9.17, 15) is 50.9 Å². The third kappa shape index (κ3) is 13.9. The molecule has 0 fully saturated rings. The van der Waals surface area contributed by atoms with E-state index >= 15 is 0 Å². The molecule has 16 heteroatoms. The fourth-order valence-corrected chi connectivity index (χ4v) is 3.52. The lowest BCUT2D eigenvalue weighted by molar-refractivity contribution is -0.376. The van der Waals surface area contributed by atoms with E-state index < -0.39 is 47.5 Å². The molecule has 0 aromatic heterocycles. The Morgan fingerprint density at radius 1 is 0.826 bits per heavy atom. The van der Waals surface area contributed by atoms with Crippen molar-refractivity contribution in [2.75, 3.05) is 19.8 Å². The van der Waals surface area contributed by atoms with Crippen molar-refractivity contribution < 1.29 is 70.6 Å². The second kappa shape index (κ2) is 18.1. The van der Waals surface area contributed by atoms with Gasteiger partial charge in [-0.1, -0.05) is 50.2 Å². The van der Waals surface area contributed by atoms with Gasteiger partial charge in [0.15, 0.2) is 0 Å². The Morgan fingerprint density at radius 3 is 1.76 bits per heavy atom. The number of ether oxygens (including phenoxy) is 2. The van der Waals surface area contributed by atoms with Crippen molar-refractivity contribution in [1.82, 2.24) is 5.32 Å². The molecule has 0 aliphatic carbocycles. The molecule has 0 saturated carbocycles. The summed E-state index contributed by atoms with van der Waals surface area (Å²) in [7, 11) is 0. The van der Waals surface area contributed by atoms with Crippen molar-refractivity contribution in [2.24, 2.45) is 0 Å². The van der Waals surface area contributed by atoms with Crippen LogP contribution in [-0.2, 0) is 37.6 Å². The van der Waals surface area contributed by atoms with Crippen LogP contribution in [-0.4, -0.2) is 82.6 Å². The zero-order chi connectivity index (χ0) is 35.1. The molecule has 0 radical (unpaired) electrons. The highest BCUT2D eigenvalue weighted by Gasteiger charge is 2.71. The summed E-state index contributed by atoms with van der Waals surface area (Å²) in [5.41, 5.74) is -5.18. The van der Waals surface area contributed by atoms with E-state index in [0.29, 0.717) is 48.6 Å². The third-order valence-electron chi connectivity index (χ3n) is 5.96. The zero-order valence-electron chi connectivity index (χ0n) is 24.8. The van der Waals surface area contributed by atoms with Gasteiger partial charge in [-0.3, -0.25) is 4.79 Å². The molecule has 46 heavy (non-hydrogen) atoms. The molecule has 2 rings (SSSR count). The molecule has 0 aliphatic heterocycles. The predicted octanol–water partition coefficient (Wildman–Crippen LogP) is 4.17. The highest BCUT2D eigenvalue weighted by Crippen LogP contribution is 2.49. The van der Waals surface area contributed by atoms with E-state index in [1.165, 1.54) is 0 Å². The summed E-state index contributed by atoms with van der Waals surface area (Å²) in [6.07, 6.45) is -11.2. The first-order valence-electron chi connectivity index (χ1n) is 13.6. The molecule has 1 atom stereocenters. The first kappa shape index (κ1) is 39.9. The van der Waals surface area contributed by atoms with Crippen LogP contribution in [0, 0.1) is 0 Å². The molecule has 0 spiro atoms. The van der Waals surface area contributed by atoms with Crippen LogP contribution in [0.4, 0.5) is 26.3 Å². The van der Waals surface area contributed by atoms with Gasteiger partial charge in [-0.15, -0.1) is 0 Å². The van der Waals surface area contributed by atoms with Gasteiger partial charge >= 0.3 is 30.3 Å². The number of esters is 1. The second-order valence-corrected chi connectivity index (χ2v) is 10.1. The van der Waals surface area contributed by atoms with Gasteiger partial charge in [0.05, 0.1) is 6.61 Å². The average molecular weight is 668 g/mol. The van der Waals surface area contributed by atoms with Crippen LogP contribution in [0.25, 0.3) is 0 Å². The molecule has 0 heterocycles. The smallest absolute Gasteiger partial charge is 0.430 e. The lowest BCUT2D eigenvalue weighted by atomic mass is 9.91. The number of carbonyl (C=O) groups is 3. The fourth-order valence-electron chi connectivity index (χ4n) is 3.52. The first-order valence-corrected chi connectivity index (χ1v) is 13.6. The van der Waals surface area contributed by atoms with E-state index in [-0.39, 0.29) is 32.1 Å². The van der Waals surface area contributed by atoms with Crippen LogP contribution in [0.5, 0.6) is 5.75 Å². The Bertz CT molecular complexity index is 1250. The van der Waals surface area contributed by atoms with Gasteiger partial charge in [0.1, 0.15) is 18.5 Å². The molecule has 1 unspecified atom stereocenters. The summed E-state index contributed by atoms with van der Waals surface area (Å²) in [5.74, 6) is -2.52. The Labute approximate surface area is 260 Å². The van der Waals surface area contributed by atoms with Crippen LogP contribution < -0.4 is 10.1 Å². The monoisotopic (exact) mass is 667 g/mol. The Hall–Kier alpha value is -4.15. The Balaban J connectivity index is 0.00000116. The van der Waals surface area contributed by atoms with Crippen molar-refractivity contribution in [3.05, 3.63) is 77.4 Å². The minimum Gasteiger partial charge on any atom is -0.491 e. The van der Waals surface area contributed by atoms with Gasteiger partial charge in [0.25, 0.3) is 5.60 Å². The maximum absolute atomic E-state index is 13.0. The summed E-state index contributed by atoms with van der Waals surface area (Å²) < 4.78 is 88.5. The van der Waals surface area contributed by atoms with Crippen molar-refractivity contribution in [3.63, 3.8) is 0 Å². The number of halogens is 6. The van der Waals surface area contributed by atoms with Crippen LogP contribution in [0.2, 0.25) is 0 Å². The standard InChI is InChI=1S/C26H31F6NO5.C4H4O4/c1-17(2)33-15-21(34)16-38-22-10-5-19(6-11-22)13-14-37-23(35)12-7-18-3-8-20(9-4-18)24(36,25(27,28)29)26(30,31)32;5-3(6)1-2-4(7)8/h3-6,8-11,17,21,33-34,36H,7,12-16H2,1-2H3;1-2H,(H,5,6)(H,7,8). The summed E-state index contributed by atoms with van der Waals surface area (Å²) in [6.45, 7) is 4.55. The van der Waals surface area contributed by atoms with E-state index in [1.807, 2.05) is 13.8 Å². The van der Waals surface area contributed by atoms with Crippen LogP contribution >= 0.6 is 0 Å². The van der Waals surface area contributed by atoms with Crippen molar-refractivity contribution in [2.45, 2.75) is 63.2 Å². The molecule has 0 saturated heterocycles. The fraction of sp³-hybridized carbons (Fsp3) is 0.433. The quantitative estimate of drug-likeness (QED) is 0.106. The maximum atomic E-state index is 13.0. The lowest BCUT2D eigenvalue weighted by Crippen LogP contribution is -2.53. The summed E-state index contributed by atoms with van der Waals surface area (Å²) in [6, 6.07) is 10.3. The molecule has 256 valence electrons. The molecule has 0 amide bonds. The van der Waals surface area contributed by atoms with Crippen LogP contribution in [0.1, 0.15) is 37.0 Å². The molecule has 10 nitrogen and oxygen atoms in total.